The van der Waals surface area contributed by atoms with Crippen molar-refractivity contribution >= 4 is 5.69 Å². The molecule has 0 aromatic heterocycles. The quantitative estimate of drug-likeness (QED) is 0.603. The van der Waals surface area contributed by atoms with Crippen LogP contribution in [0.5, 0.6) is 11.5 Å². The number of aromatic hydroxyl groups is 1. The molecule has 0 bridgehead atoms. The zero-order chi connectivity index (χ0) is 13.0. The molecule has 0 aliphatic carbocycles. The summed E-state index contributed by atoms with van der Waals surface area (Å²) in [5.41, 5.74) is 0.261. The molecule has 0 radical (unpaired) electrons. The summed E-state index contributed by atoms with van der Waals surface area (Å²) in [5, 5.41) is 29.4. The first-order valence-electron chi connectivity index (χ1n) is 5.18. The number of hydrogen-bond acceptors (Lipinski definition) is 5. The molecule has 1 rings (SSSR count). The topological polar surface area (TPSA) is 92.8 Å². The van der Waals surface area contributed by atoms with Gasteiger partial charge in [0.1, 0.15) is 0 Å². The number of nitrogens with zero attached hydrogens (tertiary/aromatic N) is 1. The van der Waals surface area contributed by atoms with Crippen LogP contribution in [0.25, 0.3) is 0 Å². The van der Waals surface area contributed by atoms with Gasteiger partial charge in [-0.05, 0) is 31.4 Å². The minimum absolute atomic E-state index is 0.0693. The number of nitro groups is 1. The van der Waals surface area contributed by atoms with Gasteiger partial charge in [0.2, 0.25) is 5.75 Å². The highest BCUT2D eigenvalue weighted by Crippen LogP contribution is 2.37. The van der Waals surface area contributed by atoms with E-state index in [1.165, 1.54) is 19.2 Å². The van der Waals surface area contributed by atoms with Crippen molar-refractivity contribution in [1.82, 2.24) is 0 Å². The molecule has 6 nitrogen and oxygen atoms in total. The number of aliphatic hydroxyl groups is 1. The molecule has 2 N–H and O–H groups in total. The second-order valence-electron chi connectivity index (χ2n) is 3.81. The van der Waals surface area contributed by atoms with Gasteiger partial charge in [0.05, 0.1) is 18.1 Å². The normalized spacial score (nSPS) is 12.2. The highest BCUT2D eigenvalue weighted by atomic mass is 16.6. The maximum absolute atomic E-state index is 10.7. The van der Waals surface area contributed by atoms with Gasteiger partial charge in [-0.15, -0.1) is 0 Å². The van der Waals surface area contributed by atoms with E-state index in [0.717, 1.165) is 0 Å². The van der Waals surface area contributed by atoms with Crippen LogP contribution in [0, 0.1) is 10.1 Å². The van der Waals surface area contributed by atoms with Crippen LogP contribution in [0.15, 0.2) is 12.1 Å². The fourth-order valence-corrected chi connectivity index (χ4v) is 1.46. The average Bonchev–Trinajstić information content (AvgIpc) is 2.27. The SMILES string of the molecule is COc1cc(CCC(C)O)cc([N+](=O)[O-])c1O. The number of benzene rings is 1. The Morgan fingerprint density at radius 1 is 1.53 bits per heavy atom. The Labute approximate surface area is 98.6 Å². The molecule has 1 atom stereocenters. The smallest absolute Gasteiger partial charge is 0.314 e. The molecule has 0 saturated heterocycles. The summed E-state index contributed by atoms with van der Waals surface area (Å²) in [6.07, 6.45) is 0.495. The highest BCUT2D eigenvalue weighted by molar-refractivity contribution is 5.57. The van der Waals surface area contributed by atoms with Crippen LogP contribution >= 0.6 is 0 Å². The van der Waals surface area contributed by atoms with E-state index in [0.29, 0.717) is 18.4 Å². The molecule has 0 aliphatic heterocycles. The van der Waals surface area contributed by atoms with E-state index in [-0.39, 0.29) is 11.4 Å². The van der Waals surface area contributed by atoms with Crippen molar-refractivity contribution in [2.45, 2.75) is 25.9 Å². The Hall–Kier alpha value is -1.82. The highest BCUT2D eigenvalue weighted by Gasteiger charge is 2.19. The van der Waals surface area contributed by atoms with Gasteiger partial charge in [0, 0.05) is 6.07 Å². The molecule has 0 amide bonds. The number of aliphatic hydroxyl groups excluding tert-OH is 1. The van der Waals surface area contributed by atoms with Crippen molar-refractivity contribution < 1.29 is 19.9 Å². The molecule has 1 unspecified atom stereocenters. The Morgan fingerprint density at radius 2 is 2.18 bits per heavy atom. The minimum Gasteiger partial charge on any atom is -0.500 e. The van der Waals surface area contributed by atoms with E-state index < -0.39 is 16.8 Å². The number of ether oxygens (including phenoxy) is 1. The summed E-state index contributed by atoms with van der Waals surface area (Å²) in [6, 6.07) is 2.82. The third-order valence-electron chi connectivity index (χ3n) is 2.38. The van der Waals surface area contributed by atoms with Crippen molar-refractivity contribution in [1.29, 1.82) is 0 Å². The maximum Gasteiger partial charge on any atom is 0.314 e. The van der Waals surface area contributed by atoms with Crippen LogP contribution in [0.2, 0.25) is 0 Å². The third-order valence-corrected chi connectivity index (χ3v) is 2.38. The van der Waals surface area contributed by atoms with E-state index in [9.17, 15) is 15.2 Å². The summed E-state index contributed by atoms with van der Waals surface area (Å²) in [6.45, 7) is 1.64. The lowest BCUT2D eigenvalue weighted by Crippen LogP contribution is -2.02. The van der Waals surface area contributed by atoms with Gasteiger partial charge in [-0.2, -0.15) is 0 Å². The molecule has 6 heteroatoms. The van der Waals surface area contributed by atoms with Crippen LogP contribution < -0.4 is 4.74 Å². The molecule has 94 valence electrons. The molecule has 0 saturated carbocycles. The molecular weight excluding hydrogens is 226 g/mol. The third kappa shape index (κ3) is 3.32. The predicted molar refractivity (Wildman–Crippen MR) is 61.3 cm³/mol. The van der Waals surface area contributed by atoms with Crippen LogP contribution in [0.1, 0.15) is 18.9 Å². The predicted octanol–water partition coefficient (Wildman–Crippen LogP) is 1.62. The standard InChI is InChI=1S/C11H15NO5/c1-7(13)3-4-8-5-9(12(15)16)11(14)10(6-8)17-2/h5-7,13-14H,3-4H2,1-2H3. The van der Waals surface area contributed by atoms with Crippen LogP contribution in [0.4, 0.5) is 5.69 Å². The maximum atomic E-state index is 10.7. The van der Waals surface area contributed by atoms with Gasteiger partial charge in [-0.1, -0.05) is 0 Å². The number of phenolic OH excluding ortho intramolecular Hbond substituents is 1. The molecule has 1 aromatic rings. The first-order valence-corrected chi connectivity index (χ1v) is 5.18. The Bertz CT molecular complexity index is 417. The minimum atomic E-state index is -0.663. The lowest BCUT2D eigenvalue weighted by molar-refractivity contribution is -0.386. The van der Waals surface area contributed by atoms with Crippen molar-refractivity contribution in [2.75, 3.05) is 7.11 Å². The molecule has 0 spiro atoms. The molecular formula is C11H15NO5. The summed E-state index contributed by atoms with van der Waals surface area (Å²) in [4.78, 5) is 10.1. The monoisotopic (exact) mass is 241 g/mol. The fourth-order valence-electron chi connectivity index (χ4n) is 1.46. The van der Waals surface area contributed by atoms with Gasteiger partial charge < -0.3 is 14.9 Å². The molecule has 17 heavy (non-hydrogen) atoms. The van der Waals surface area contributed by atoms with Crippen LogP contribution in [0.3, 0.4) is 0 Å². The lowest BCUT2D eigenvalue weighted by Gasteiger charge is -2.08. The van der Waals surface area contributed by atoms with Crippen molar-refractivity contribution in [3.05, 3.63) is 27.8 Å². The zero-order valence-corrected chi connectivity index (χ0v) is 9.71. The number of methoxy groups -OCH3 is 1. The summed E-state index contributed by atoms with van der Waals surface area (Å²) in [5.74, 6) is -0.405. The Balaban J connectivity index is 3.07. The van der Waals surface area contributed by atoms with E-state index in [1.54, 1.807) is 6.92 Å². The molecule has 0 fully saturated rings. The van der Waals surface area contributed by atoms with E-state index in [1.807, 2.05) is 0 Å². The van der Waals surface area contributed by atoms with Gasteiger partial charge in [0.25, 0.3) is 0 Å². The average molecular weight is 241 g/mol. The summed E-state index contributed by atoms with van der Waals surface area (Å²) < 4.78 is 4.87. The van der Waals surface area contributed by atoms with E-state index in [4.69, 9.17) is 9.84 Å². The number of aryl methyl sites for hydroxylation is 1. The van der Waals surface area contributed by atoms with E-state index >= 15 is 0 Å². The van der Waals surface area contributed by atoms with E-state index in [2.05, 4.69) is 0 Å². The lowest BCUT2D eigenvalue weighted by atomic mass is 10.1. The zero-order valence-electron chi connectivity index (χ0n) is 9.71. The second kappa shape index (κ2) is 5.49. The molecule has 1 aromatic carbocycles. The fraction of sp³-hybridized carbons (Fsp3) is 0.455. The summed E-state index contributed by atoms with van der Waals surface area (Å²) >= 11 is 0. The second-order valence-corrected chi connectivity index (χ2v) is 3.81. The Kier molecular flexibility index (Phi) is 4.28. The number of nitro benzene ring substituents is 1. The van der Waals surface area contributed by atoms with Gasteiger partial charge >= 0.3 is 5.69 Å². The van der Waals surface area contributed by atoms with Gasteiger partial charge in [-0.25, -0.2) is 0 Å². The van der Waals surface area contributed by atoms with Crippen LogP contribution in [-0.2, 0) is 6.42 Å². The summed E-state index contributed by atoms with van der Waals surface area (Å²) in [7, 11) is 1.33. The molecule has 0 heterocycles. The van der Waals surface area contributed by atoms with Crippen LogP contribution in [-0.4, -0.2) is 28.4 Å². The number of hydrogen-bond donors (Lipinski definition) is 2. The van der Waals surface area contributed by atoms with Gasteiger partial charge in [-0.3, -0.25) is 10.1 Å². The number of phenols is 1. The van der Waals surface area contributed by atoms with Crippen molar-refractivity contribution in [3.63, 3.8) is 0 Å². The Morgan fingerprint density at radius 3 is 2.65 bits per heavy atom. The largest absolute Gasteiger partial charge is 0.500 e. The number of rotatable bonds is 5. The van der Waals surface area contributed by atoms with Gasteiger partial charge in [0.15, 0.2) is 5.75 Å². The van der Waals surface area contributed by atoms with Crippen molar-refractivity contribution in [2.24, 2.45) is 0 Å². The van der Waals surface area contributed by atoms with Crippen molar-refractivity contribution in [3.8, 4) is 11.5 Å². The first kappa shape index (κ1) is 13.2. The molecule has 0 aliphatic rings. The first-order chi connectivity index (χ1) is 7.95.